The number of likely N-dealkylation sites (tertiary alicyclic amines) is 1. The van der Waals surface area contributed by atoms with Crippen LogP contribution in [0.1, 0.15) is 129 Å². The zero-order chi connectivity index (χ0) is 26.3. The molecule has 1 saturated carbocycles. The van der Waals surface area contributed by atoms with E-state index in [4.69, 9.17) is 4.74 Å². The molecule has 0 aromatic carbocycles. The van der Waals surface area contributed by atoms with Crippen molar-refractivity contribution in [1.29, 1.82) is 0 Å². The SMILES string of the molecule is CCCCCC(BC1(C)CCCCCCCCCCC1)CCCNC(=O)N1CC[C@@H]2OCC(=O)N[C@H]2C1. The van der Waals surface area contributed by atoms with Gasteiger partial charge < -0.3 is 20.3 Å². The van der Waals surface area contributed by atoms with E-state index in [0.29, 0.717) is 18.4 Å². The van der Waals surface area contributed by atoms with Gasteiger partial charge in [-0.2, -0.15) is 0 Å². The van der Waals surface area contributed by atoms with Gasteiger partial charge >= 0.3 is 6.03 Å². The van der Waals surface area contributed by atoms with Gasteiger partial charge in [0.05, 0.1) is 12.1 Å². The van der Waals surface area contributed by atoms with E-state index in [1.54, 1.807) is 0 Å². The van der Waals surface area contributed by atoms with Gasteiger partial charge in [0.15, 0.2) is 0 Å². The highest BCUT2D eigenvalue weighted by Gasteiger charge is 2.36. The fourth-order valence-electron chi connectivity index (χ4n) is 6.98. The molecule has 37 heavy (non-hydrogen) atoms. The predicted octanol–water partition coefficient (Wildman–Crippen LogP) is 6.35. The predicted molar refractivity (Wildman–Crippen MR) is 155 cm³/mol. The first-order chi connectivity index (χ1) is 18.0. The molecule has 0 aromatic heterocycles. The molecule has 2 aliphatic heterocycles. The third-order valence-corrected chi connectivity index (χ3v) is 9.23. The Bertz CT molecular complexity index is 664. The van der Waals surface area contributed by atoms with E-state index >= 15 is 0 Å². The molecule has 212 valence electrons. The average Bonchev–Trinajstić information content (AvgIpc) is 2.88. The lowest BCUT2D eigenvalue weighted by molar-refractivity contribution is -0.139. The van der Waals surface area contributed by atoms with Crippen LogP contribution in [0.3, 0.4) is 0 Å². The maximum atomic E-state index is 12.8. The lowest BCUT2D eigenvalue weighted by atomic mass is 9.42. The fraction of sp³-hybridized carbons (Fsp3) is 0.933. The van der Waals surface area contributed by atoms with Gasteiger partial charge in [-0.15, -0.1) is 0 Å². The number of nitrogens with one attached hydrogen (secondary N) is 2. The van der Waals surface area contributed by atoms with Crippen molar-refractivity contribution < 1.29 is 14.3 Å². The van der Waals surface area contributed by atoms with Crippen molar-refractivity contribution in [3.63, 3.8) is 0 Å². The van der Waals surface area contributed by atoms with E-state index < -0.39 is 0 Å². The molecular formula is C30H56BN3O3. The minimum Gasteiger partial charge on any atom is -0.366 e. The summed E-state index contributed by atoms with van der Waals surface area (Å²) in [5, 5.41) is 6.65. The van der Waals surface area contributed by atoms with Crippen molar-refractivity contribution in [1.82, 2.24) is 15.5 Å². The summed E-state index contributed by atoms with van der Waals surface area (Å²) in [5.41, 5.74) is 0. The lowest BCUT2D eigenvalue weighted by Crippen LogP contribution is -2.62. The van der Waals surface area contributed by atoms with Crippen LogP contribution in [0.4, 0.5) is 4.79 Å². The molecule has 6 nitrogen and oxygen atoms in total. The summed E-state index contributed by atoms with van der Waals surface area (Å²) in [6.45, 7) is 7.01. The summed E-state index contributed by atoms with van der Waals surface area (Å²) in [6.07, 6.45) is 24.0. The molecule has 7 heteroatoms. The minimum atomic E-state index is -0.0761. The van der Waals surface area contributed by atoms with Crippen molar-refractivity contribution in [2.24, 2.45) is 0 Å². The van der Waals surface area contributed by atoms with Gasteiger partial charge in [-0.25, -0.2) is 4.79 Å². The number of hydrogen-bond donors (Lipinski definition) is 2. The van der Waals surface area contributed by atoms with Crippen LogP contribution in [0, 0.1) is 0 Å². The zero-order valence-corrected chi connectivity index (χ0v) is 24.2. The topological polar surface area (TPSA) is 70.7 Å². The van der Waals surface area contributed by atoms with Crippen molar-refractivity contribution in [2.75, 3.05) is 26.2 Å². The number of amides is 3. The molecule has 3 amide bonds. The van der Waals surface area contributed by atoms with Crippen molar-refractivity contribution in [2.45, 2.75) is 153 Å². The second-order valence-electron chi connectivity index (χ2n) is 12.7. The van der Waals surface area contributed by atoms with Crippen LogP contribution in [-0.4, -0.2) is 62.5 Å². The van der Waals surface area contributed by atoms with Crippen molar-refractivity contribution >= 4 is 19.2 Å². The fourth-order valence-corrected chi connectivity index (χ4v) is 6.98. The number of nitrogens with zero attached hydrogens (tertiary/aromatic N) is 1. The largest absolute Gasteiger partial charge is 0.366 e. The molecule has 3 aliphatic rings. The Balaban J connectivity index is 1.44. The Morgan fingerprint density at radius 3 is 2.38 bits per heavy atom. The summed E-state index contributed by atoms with van der Waals surface area (Å²) in [4.78, 5) is 26.3. The Kier molecular flexibility index (Phi) is 13.7. The highest BCUT2D eigenvalue weighted by atomic mass is 16.5. The maximum absolute atomic E-state index is 12.8. The molecule has 0 bridgehead atoms. The van der Waals surface area contributed by atoms with Gasteiger partial charge in [-0.05, 0) is 12.8 Å². The van der Waals surface area contributed by atoms with E-state index in [1.807, 2.05) is 4.90 Å². The van der Waals surface area contributed by atoms with Crippen LogP contribution in [0.15, 0.2) is 0 Å². The average molecular weight is 518 g/mol. The quantitative estimate of drug-likeness (QED) is 0.262. The number of morpholine rings is 1. The molecule has 0 aromatic rings. The van der Waals surface area contributed by atoms with E-state index in [2.05, 4.69) is 24.5 Å². The lowest BCUT2D eigenvalue weighted by Gasteiger charge is -2.41. The second kappa shape index (κ2) is 16.7. The van der Waals surface area contributed by atoms with Gasteiger partial charge in [0.2, 0.25) is 5.91 Å². The van der Waals surface area contributed by atoms with Crippen LogP contribution in [0.2, 0.25) is 11.1 Å². The number of urea groups is 1. The smallest absolute Gasteiger partial charge is 0.317 e. The molecule has 2 heterocycles. The summed E-state index contributed by atoms with van der Waals surface area (Å²) in [7, 11) is 1.36. The highest BCUT2D eigenvalue weighted by Crippen LogP contribution is 2.42. The van der Waals surface area contributed by atoms with E-state index in [9.17, 15) is 9.59 Å². The Morgan fingerprint density at radius 2 is 1.70 bits per heavy atom. The van der Waals surface area contributed by atoms with Crippen LogP contribution in [0.25, 0.3) is 0 Å². The number of fused-ring (bicyclic) bond motifs is 1. The first-order valence-electron chi connectivity index (χ1n) is 15.9. The molecule has 0 spiro atoms. The zero-order valence-electron chi connectivity index (χ0n) is 24.2. The number of unbranched alkanes of at least 4 members (excludes halogenated alkanes) is 2. The second-order valence-corrected chi connectivity index (χ2v) is 12.7. The molecule has 3 rings (SSSR count). The molecule has 3 atom stereocenters. The monoisotopic (exact) mass is 517 g/mol. The first-order valence-corrected chi connectivity index (χ1v) is 15.9. The molecular weight excluding hydrogens is 461 g/mol. The number of rotatable bonds is 10. The Morgan fingerprint density at radius 1 is 1.05 bits per heavy atom. The molecule has 2 saturated heterocycles. The summed E-state index contributed by atoms with van der Waals surface area (Å²) >= 11 is 0. The number of hydrogen-bond acceptors (Lipinski definition) is 3. The minimum absolute atomic E-state index is 0.00656. The van der Waals surface area contributed by atoms with Crippen LogP contribution in [0.5, 0.6) is 0 Å². The van der Waals surface area contributed by atoms with Gasteiger partial charge in [0.25, 0.3) is 0 Å². The molecule has 1 unspecified atom stereocenters. The number of ether oxygens (including phenoxy) is 1. The summed E-state index contributed by atoms with van der Waals surface area (Å²) in [6, 6.07) is -0.0672. The number of piperidine rings is 1. The van der Waals surface area contributed by atoms with Gasteiger partial charge in [-0.1, -0.05) is 128 Å². The van der Waals surface area contributed by atoms with Gasteiger partial charge in [0, 0.05) is 19.6 Å². The van der Waals surface area contributed by atoms with Crippen LogP contribution >= 0.6 is 0 Å². The Labute approximate surface area is 228 Å². The third-order valence-electron chi connectivity index (χ3n) is 9.23. The molecule has 2 N–H and O–H groups in total. The standard InChI is InChI=1S/C30H56BN3O3/c1-3-4-12-16-25(31-30(2)19-13-10-8-6-5-7-9-11-14-20-30)17-15-21-32-29(36)34-22-18-27-26(23-34)33-28(35)24-37-27/h25-27,31H,3-24H2,1-2H3,(H,32,36)(H,33,35)/t25?,26-,27-/m0/s1. The number of carbonyl (C=O) groups is 2. The summed E-state index contributed by atoms with van der Waals surface area (Å²) < 4.78 is 5.63. The molecule has 3 fully saturated rings. The molecule has 0 radical (unpaired) electrons. The van der Waals surface area contributed by atoms with Crippen molar-refractivity contribution in [3.05, 3.63) is 0 Å². The molecule has 1 aliphatic carbocycles. The normalized spacial score (nSPS) is 26.1. The van der Waals surface area contributed by atoms with Crippen LogP contribution < -0.4 is 10.6 Å². The van der Waals surface area contributed by atoms with E-state index in [-0.39, 0.29) is 30.7 Å². The maximum Gasteiger partial charge on any atom is 0.317 e. The van der Waals surface area contributed by atoms with Crippen LogP contribution in [-0.2, 0) is 9.53 Å². The summed E-state index contributed by atoms with van der Waals surface area (Å²) in [5.74, 6) is 0.694. The van der Waals surface area contributed by atoms with E-state index in [0.717, 1.165) is 25.2 Å². The number of carbonyl (C=O) groups excluding carboxylic acids is 2. The Hall–Kier alpha value is -1.24. The first kappa shape index (κ1) is 30.3. The van der Waals surface area contributed by atoms with E-state index in [1.165, 1.54) is 110 Å². The van der Waals surface area contributed by atoms with Crippen molar-refractivity contribution in [3.8, 4) is 0 Å². The van der Waals surface area contributed by atoms with Gasteiger partial charge in [0.1, 0.15) is 13.9 Å². The van der Waals surface area contributed by atoms with Gasteiger partial charge in [-0.3, -0.25) is 4.79 Å². The third kappa shape index (κ3) is 11.2. The highest BCUT2D eigenvalue weighted by molar-refractivity contribution is 6.41.